The highest BCUT2D eigenvalue weighted by atomic mass is 16.7. The third kappa shape index (κ3) is 6.57. The predicted octanol–water partition coefficient (Wildman–Crippen LogP) is 4.36. The van der Waals surface area contributed by atoms with E-state index < -0.39 is 6.29 Å². The summed E-state index contributed by atoms with van der Waals surface area (Å²) in [5.74, 6) is -0.0118. The number of nitrogens with one attached hydrogen (secondary N) is 1. The molecule has 0 aliphatic carbocycles. The first kappa shape index (κ1) is 27.5. The summed E-state index contributed by atoms with van der Waals surface area (Å²) < 4.78 is 13.1. The lowest BCUT2D eigenvalue weighted by molar-refractivity contribution is -0.276. The zero-order valence-corrected chi connectivity index (χ0v) is 22.4. The van der Waals surface area contributed by atoms with Gasteiger partial charge in [-0.2, -0.15) is 0 Å². The first-order chi connectivity index (χ1) is 19.1. The molecule has 0 spiro atoms. The van der Waals surface area contributed by atoms with Crippen molar-refractivity contribution in [1.29, 1.82) is 0 Å². The monoisotopic (exact) mass is 530 g/mol. The number of ether oxygens (including phenoxy) is 2. The number of hydrogen-bond donors (Lipinski definition) is 3. The van der Waals surface area contributed by atoms with Gasteiger partial charge in [-0.05, 0) is 48.2 Å². The number of carbonyl (C=O) groups excluding carboxylic acids is 1. The van der Waals surface area contributed by atoms with E-state index in [4.69, 9.17) is 9.47 Å². The summed E-state index contributed by atoms with van der Waals surface area (Å²) in [6.45, 7) is 4.45. The Morgan fingerprint density at radius 2 is 1.62 bits per heavy atom. The van der Waals surface area contributed by atoms with Crippen molar-refractivity contribution in [2.24, 2.45) is 5.92 Å². The van der Waals surface area contributed by atoms with Crippen LogP contribution in [0, 0.1) is 5.92 Å². The molecule has 0 saturated carbocycles. The lowest BCUT2D eigenvalue weighted by Crippen LogP contribution is -2.46. The minimum atomic E-state index is -0.545. The van der Waals surface area contributed by atoms with Crippen molar-refractivity contribution in [3.63, 3.8) is 0 Å². The number of hydrogen-bond acceptors (Lipinski definition) is 6. The van der Waals surface area contributed by atoms with E-state index in [1.54, 1.807) is 12.1 Å². The second-order valence-electron chi connectivity index (χ2n) is 10.6. The molecule has 3 N–H and O–H groups in total. The molecule has 1 amide bonds. The van der Waals surface area contributed by atoms with Crippen LogP contribution >= 0.6 is 0 Å². The quantitative estimate of drug-likeness (QED) is 0.381. The van der Waals surface area contributed by atoms with E-state index in [0.29, 0.717) is 12.1 Å². The van der Waals surface area contributed by atoms with Crippen molar-refractivity contribution in [3.05, 3.63) is 107 Å². The fourth-order valence-electron chi connectivity index (χ4n) is 5.57. The molecule has 7 nitrogen and oxygen atoms in total. The van der Waals surface area contributed by atoms with Gasteiger partial charge in [0.1, 0.15) is 0 Å². The van der Waals surface area contributed by atoms with Crippen LogP contribution in [0.3, 0.4) is 0 Å². The van der Waals surface area contributed by atoms with E-state index in [-0.39, 0.29) is 43.3 Å². The molecule has 2 aliphatic rings. The molecule has 7 heteroatoms. The van der Waals surface area contributed by atoms with Gasteiger partial charge in [-0.1, -0.05) is 73.7 Å². The van der Waals surface area contributed by atoms with E-state index in [2.05, 4.69) is 17.1 Å². The van der Waals surface area contributed by atoms with Crippen LogP contribution in [0.1, 0.15) is 64.8 Å². The molecule has 5 atom stereocenters. The van der Waals surface area contributed by atoms with Crippen molar-refractivity contribution in [1.82, 2.24) is 10.2 Å². The third-order valence-corrected chi connectivity index (χ3v) is 7.99. The maximum atomic E-state index is 12.4. The lowest BCUT2D eigenvalue weighted by Gasteiger charge is -2.43. The highest BCUT2D eigenvalue weighted by molar-refractivity contribution is 5.94. The summed E-state index contributed by atoms with van der Waals surface area (Å²) >= 11 is 0. The molecule has 0 bridgehead atoms. The molecule has 2 aliphatic heterocycles. The Morgan fingerprint density at radius 3 is 2.31 bits per heavy atom. The van der Waals surface area contributed by atoms with Gasteiger partial charge in [-0.3, -0.25) is 9.69 Å². The van der Waals surface area contributed by atoms with Crippen molar-refractivity contribution < 1.29 is 24.5 Å². The van der Waals surface area contributed by atoms with Crippen LogP contribution in [0.25, 0.3) is 0 Å². The van der Waals surface area contributed by atoms with E-state index in [1.807, 2.05) is 66.7 Å². The Balaban J connectivity index is 1.31. The molecule has 0 unspecified atom stereocenters. The average Bonchev–Trinajstić information content (AvgIpc) is 3.45. The van der Waals surface area contributed by atoms with Gasteiger partial charge in [-0.25, -0.2) is 0 Å². The summed E-state index contributed by atoms with van der Waals surface area (Å²) in [6, 6.07) is 25.3. The first-order valence-corrected chi connectivity index (χ1v) is 13.8. The number of benzene rings is 3. The number of nitrogens with zero attached hydrogens (tertiary/aromatic N) is 1. The number of amides is 1. The van der Waals surface area contributed by atoms with Gasteiger partial charge >= 0.3 is 0 Å². The molecule has 0 radical (unpaired) electrons. The molecular formula is C32H38N2O5. The topological polar surface area (TPSA) is 91.3 Å². The molecule has 39 heavy (non-hydrogen) atoms. The zero-order chi connectivity index (χ0) is 27.2. The number of rotatable bonds is 9. The number of aliphatic hydroxyl groups excluding tert-OH is 2. The normalized spacial score (nSPS) is 25.5. The Morgan fingerprint density at radius 1 is 0.923 bits per heavy atom. The summed E-state index contributed by atoms with van der Waals surface area (Å²) in [5, 5.41) is 22.3. The number of likely N-dealkylation sites (tertiary alicyclic amines) is 1. The molecule has 2 heterocycles. The van der Waals surface area contributed by atoms with Gasteiger partial charge in [-0.15, -0.1) is 0 Å². The standard InChI is InChI=1S/C32H38N2O5/c1-22-29(19-34-17-5-8-28(34)21-36)38-32(39-30(22)25-13-11-24(20-35)12-14-25)27-15-9-23(10-16-27)18-33-31(37)26-6-3-2-4-7-26/h2-4,6-7,9-16,22,28-30,32,35-36H,5,8,17-21H2,1H3,(H,33,37)/t22-,28-,29+,30+,32+/m0/s1. The second kappa shape index (κ2) is 12.9. The van der Waals surface area contributed by atoms with Gasteiger partial charge in [0.25, 0.3) is 5.91 Å². The maximum Gasteiger partial charge on any atom is 0.251 e. The van der Waals surface area contributed by atoms with Gasteiger partial charge in [0, 0.05) is 36.2 Å². The maximum absolute atomic E-state index is 12.4. The van der Waals surface area contributed by atoms with Crippen LogP contribution in [0.2, 0.25) is 0 Å². The Kier molecular flexibility index (Phi) is 9.06. The first-order valence-electron chi connectivity index (χ1n) is 13.8. The Hall–Kier alpha value is -3.07. The zero-order valence-electron chi connectivity index (χ0n) is 22.4. The van der Waals surface area contributed by atoms with Crippen LogP contribution in [-0.4, -0.2) is 52.9 Å². The van der Waals surface area contributed by atoms with E-state index >= 15 is 0 Å². The van der Waals surface area contributed by atoms with Crippen LogP contribution in [-0.2, 0) is 22.6 Å². The van der Waals surface area contributed by atoms with E-state index in [0.717, 1.165) is 48.2 Å². The van der Waals surface area contributed by atoms with E-state index in [9.17, 15) is 15.0 Å². The van der Waals surface area contributed by atoms with Gasteiger partial charge in [0.15, 0.2) is 6.29 Å². The van der Waals surface area contributed by atoms with Gasteiger partial charge in [0.05, 0.1) is 25.4 Å². The van der Waals surface area contributed by atoms with E-state index in [1.165, 1.54) is 0 Å². The second-order valence-corrected chi connectivity index (χ2v) is 10.6. The largest absolute Gasteiger partial charge is 0.395 e. The van der Waals surface area contributed by atoms with Crippen molar-refractivity contribution in [2.45, 2.75) is 57.5 Å². The average molecular weight is 531 g/mol. The minimum Gasteiger partial charge on any atom is -0.395 e. The minimum absolute atomic E-state index is 0.00534. The van der Waals surface area contributed by atoms with Crippen molar-refractivity contribution >= 4 is 5.91 Å². The smallest absolute Gasteiger partial charge is 0.251 e. The summed E-state index contributed by atoms with van der Waals surface area (Å²) in [6.07, 6.45) is 1.29. The van der Waals surface area contributed by atoms with Gasteiger partial charge in [0.2, 0.25) is 0 Å². The fraction of sp³-hybridized carbons (Fsp3) is 0.406. The van der Waals surface area contributed by atoms with Gasteiger partial charge < -0.3 is 25.0 Å². The molecule has 206 valence electrons. The predicted molar refractivity (Wildman–Crippen MR) is 149 cm³/mol. The van der Waals surface area contributed by atoms with Crippen LogP contribution in [0.5, 0.6) is 0 Å². The van der Waals surface area contributed by atoms with Crippen molar-refractivity contribution in [3.8, 4) is 0 Å². The summed E-state index contributed by atoms with van der Waals surface area (Å²) in [5.41, 5.74) is 4.46. The number of carbonyl (C=O) groups is 1. The Labute approximate surface area is 230 Å². The summed E-state index contributed by atoms with van der Waals surface area (Å²) in [7, 11) is 0. The molecule has 0 aromatic heterocycles. The third-order valence-electron chi connectivity index (χ3n) is 7.99. The number of aliphatic hydroxyl groups is 2. The molecule has 2 fully saturated rings. The summed E-state index contributed by atoms with van der Waals surface area (Å²) in [4.78, 5) is 14.8. The lowest BCUT2D eigenvalue weighted by atomic mass is 9.90. The molecule has 5 rings (SSSR count). The highest BCUT2D eigenvalue weighted by Crippen LogP contribution is 2.42. The van der Waals surface area contributed by atoms with Crippen molar-refractivity contribution in [2.75, 3.05) is 19.7 Å². The fourth-order valence-corrected chi connectivity index (χ4v) is 5.57. The van der Waals surface area contributed by atoms with Crippen LogP contribution in [0.4, 0.5) is 0 Å². The molecule has 2 saturated heterocycles. The van der Waals surface area contributed by atoms with Crippen LogP contribution < -0.4 is 5.32 Å². The SMILES string of the molecule is C[C@H]1[C@@H](CN2CCC[C@H]2CO)O[C@@H](c2ccc(CNC(=O)c3ccccc3)cc2)O[C@H]1c1ccc(CO)cc1. The molecule has 3 aromatic carbocycles. The molecular weight excluding hydrogens is 492 g/mol. The molecule has 3 aromatic rings. The Bertz CT molecular complexity index is 1200. The van der Waals surface area contributed by atoms with Crippen LogP contribution in [0.15, 0.2) is 78.9 Å². The highest BCUT2D eigenvalue weighted by Gasteiger charge is 2.40.